The molecule has 0 aliphatic heterocycles. The first-order valence-electron chi connectivity index (χ1n) is 6.92. The first kappa shape index (κ1) is 12.6. The quantitative estimate of drug-likeness (QED) is 0.821. The Hall–Kier alpha value is -0.830. The Morgan fingerprint density at radius 2 is 2.24 bits per heavy atom. The molecule has 0 amide bonds. The van der Waals surface area contributed by atoms with Crippen LogP contribution in [0.4, 0.5) is 0 Å². The van der Waals surface area contributed by atoms with E-state index in [-0.39, 0.29) is 0 Å². The van der Waals surface area contributed by atoms with Crippen molar-refractivity contribution >= 4 is 0 Å². The molecule has 1 aliphatic carbocycles. The molecule has 0 bridgehead atoms. The second kappa shape index (κ2) is 6.20. The maximum Gasteiger partial charge on any atom is 0.0522 e. The average molecular weight is 235 g/mol. The second-order valence-corrected chi connectivity index (χ2v) is 5.44. The summed E-state index contributed by atoms with van der Waals surface area (Å²) in [4.78, 5) is 0. The summed E-state index contributed by atoms with van der Waals surface area (Å²) in [5.74, 6) is 1.000. The van der Waals surface area contributed by atoms with E-state index in [0.717, 1.165) is 12.3 Å². The van der Waals surface area contributed by atoms with Crippen LogP contribution in [0.1, 0.15) is 44.1 Å². The highest BCUT2D eigenvalue weighted by Crippen LogP contribution is 2.29. The number of hydrogen-bond donors (Lipinski definition) is 1. The van der Waals surface area contributed by atoms with Gasteiger partial charge in [0.05, 0.1) is 6.20 Å². The molecule has 1 fully saturated rings. The number of rotatable bonds is 6. The van der Waals surface area contributed by atoms with Gasteiger partial charge in [-0.15, -0.1) is 0 Å². The van der Waals surface area contributed by atoms with Gasteiger partial charge < -0.3 is 5.32 Å². The van der Waals surface area contributed by atoms with Crippen LogP contribution in [0.15, 0.2) is 12.4 Å². The van der Waals surface area contributed by atoms with E-state index >= 15 is 0 Å². The molecule has 1 aliphatic rings. The summed E-state index contributed by atoms with van der Waals surface area (Å²) in [5, 5.41) is 7.68. The first-order chi connectivity index (χ1) is 8.28. The van der Waals surface area contributed by atoms with Crippen molar-refractivity contribution in [2.45, 2.75) is 51.0 Å². The Balaban J connectivity index is 1.75. The fraction of sp³-hybridized carbons (Fsp3) is 0.786. The highest BCUT2D eigenvalue weighted by Gasteiger charge is 2.17. The zero-order valence-electron chi connectivity index (χ0n) is 11.2. The topological polar surface area (TPSA) is 29.9 Å². The van der Waals surface area contributed by atoms with Crippen LogP contribution >= 0.6 is 0 Å². The van der Waals surface area contributed by atoms with E-state index in [1.165, 1.54) is 44.1 Å². The van der Waals surface area contributed by atoms with Gasteiger partial charge in [0.1, 0.15) is 0 Å². The van der Waals surface area contributed by atoms with Crippen molar-refractivity contribution in [2.24, 2.45) is 13.0 Å². The minimum absolute atomic E-state index is 0.611. The summed E-state index contributed by atoms with van der Waals surface area (Å²) in [5.41, 5.74) is 1.35. The molecule has 0 aromatic carbocycles. The summed E-state index contributed by atoms with van der Waals surface area (Å²) < 4.78 is 1.89. The predicted molar refractivity (Wildman–Crippen MR) is 71.0 cm³/mol. The van der Waals surface area contributed by atoms with Crippen molar-refractivity contribution in [1.29, 1.82) is 0 Å². The zero-order valence-corrected chi connectivity index (χ0v) is 11.2. The minimum Gasteiger partial charge on any atom is -0.317 e. The lowest BCUT2D eigenvalue weighted by Crippen LogP contribution is -2.28. The van der Waals surface area contributed by atoms with E-state index in [0.29, 0.717) is 6.04 Å². The lowest BCUT2D eigenvalue weighted by atomic mass is 9.96. The molecule has 96 valence electrons. The zero-order chi connectivity index (χ0) is 12.1. The van der Waals surface area contributed by atoms with Gasteiger partial charge in [-0.1, -0.05) is 25.7 Å². The van der Waals surface area contributed by atoms with E-state index in [1.54, 1.807) is 0 Å². The van der Waals surface area contributed by atoms with Crippen molar-refractivity contribution in [3.05, 3.63) is 18.0 Å². The molecular formula is C14H25N3. The van der Waals surface area contributed by atoms with Gasteiger partial charge in [-0.05, 0) is 37.8 Å². The molecule has 3 heteroatoms. The Morgan fingerprint density at radius 3 is 2.82 bits per heavy atom. The van der Waals surface area contributed by atoms with Crippen LogP contribution in [0.25, 0.3) is 0 Å². The van der Waals surface area contributed by atoms with Crippen molar-refractivity contribution in [2.75, 3.05) is 7.05 Å². The average Bonchev–Trinajstić information content (AvgIpc) is 2.96. The Bertz CT molecular complexity index is 326. The molecule has 0 radical (unpaired) electrons. The number of likely N-dealkylation sites (N-methyl/N-ethyl adjacent to an activating group) is 1. The highest BCUT2D eigenvalue weighted by molar-refractivity contribution is 5.05. The van der Waals surface area contributed by atoms with Crippen molar-refractivity contribution in [3.8, 4) is 0 Å². The molecule has 0 spiro atoms. The number of nitrogens with one attached hydrogen (secondary N) is 1. The third kappa shape index (κ3) is 3.84. The Morgan fingerprint density at radius 1 is 1.47 bits per heavy atom. The summed E-state index contributed by atoms with van der Waals surface area (Å²) in [7, 11) is 4.06. The second-order valence-electron chi connectivity index (χ2n) is 5.44. The number of aryl methyl sites for hydroxylation is 1. The summed E-state index contributed by atoms with van der Waals surface area (Å²) >= 11 is 0. The largest absolute Gasteiger partial charge is 0.317 e. The molecule has 1 N–H and O–H groups in total. The first-order valence-corrected chi connectivity index (χ1v) is 6.92. The van der Waals surface area contributed by atoms with Gasteiger partial charge >= 0.3 is 0 Å². The third-order valence-corrected chi connectivity index (χ3v) is 4.05. The van der Waals surface area contributed by atoms with Crippen LogP contribution in [0.5, 0.6) is 0 Å². The molecule has 1 saturated carbocycles. The van der Waals surface area contributed by atoms with Gasteiger partial charge in [0, 0.05) is 19.3 Å². The number of hydrogen-bond acceptors (Lipinski definition) is 2. The van der Waals surface area contributed by atoms with Gasteiger partial charge in [0.25, 0.3) is 0 Å². The summed E-state index contributed by atoms with van der Waals surface area (Å²) in [6.45, 7) is 0. The SMILES string of the molecule is CNC(CCC1CCCC1)Cc1cnn(C)c1. The standard InChI is InChI=1S/C14H25N3/c1-15-14(8-7-12-5-3-4-6-12)9-13-10-16-17(2)11-13/h10-12,14-15H,3-9H2,1-2H3. The van der Waals surface area contributed by atoms with E-state index in [9.17, 15) is 0 Å². The van der Waals surface area contributed by atoms with Crippen LogP contribution in [-0.2, 0) is 13.5 Å². The molecule has 2 rings (SSSR count). The van der Waals surface area contributed by atoms with E-state index in [4.69, 9.17) is 0 Å². The van der Waals surface area contributed by atoms with Gasteiger partial charge in [0.15, 0.2) is 0 Å². The number of nitrogens with zero attached hydrogens (tertiary/aromatic N) is 2. The lowest BCUT2D eigenvalue weighted by molar-refractivity contribution is 0.418. The van der Waals surface area contributed by atoms with Crippen molar-refractivity contribution in [1.82, 2.24) is 15.1 Å². The third-order valence-electron chi connectivity index (χ3n) is 4.05. The van der Waals surface area contributed by atoms with Crippen LogP contribution in [0.2, 0.25) is 0 Å². The molecule has 0 saturated heterocycles. The van der Waals surface area contributed by atoms with Crippen LogP contribution in [0.3, 0.4) is 0 Å². The Kier molecular flexibility index (Phi) is 4.60. The molecule has 1 aromatic rings. The Labute approximate surface area is 105 Å². The normalized spacial score (nSPS) is 18.7. The van der Waals surface area contributed by atoms with Crippen molar-refractivity contribution in [3.63, 3.8) is 0 Å². The molecule has 1 heterocycles. The van der Waals surface area contributed by atoms with Gasteiger partial charge in [0.2, 0.25) is 0 Å². The van der Waals surface area contributed by atoms with Gasteiger partial charge in [-0.25, -0.2) is 0 Å². The summed E-state index contributed by atoms with van der Waals surface area (Å²) in [6.07, 6.45) is 13.8. The molecule has 3 nitrogen and oxygen atoms in total. The minimum atomic E-state index is 0.611. The highest BCUT2D eigenvalue weighted by atomic mass is 15.2. The van der Waals surface area contributed by atoms with Gasteiger partial charge in [-0.3, -0.25) is 4.68 Å². The molecule has 1 aromatic heterocycles. The maximum absolute atomic E-state index is 4.23. The number of aromatic nitrogens is 2. The fourth-order valence-corrected chi connectivity index (χ4v) is 2.95. The monoisotopic (exact) mass is 235 g/mol. The fourth-order valence-electron chi connectivity index (χ4n) is 2.95. The van der Waals surface area contributed by atoms with E-state index in [2.05, 4.69) is 23.7 Å². The van der Waals surface area contributed by atoms with E-state index < -0.39 is 0 Å². The summed E-state index contributed by atoms with van der Waals surface area (Å²) in [6, 6.07) is 0.611. The molecule has 1 atom stereocenters. The molecular weight excluding hydrogens is 210 g/mol. The smallest absolute Gasteiger partial charge is 0.0522 e. The maximum atomic E-state index is 4.23. The molecule has 17 heavy (non-hydrogen) atoms. The predicted octanol–water partition coefficient (Wildman–Crippen LogP) is 2.52. The molecule has 1 unspecified atom stereocenters. The van der Waals surface area contributed by atoms with E-state index in [1.807, 2.05) is 17.9 Å². The van der Waals surface area contributed by atoms with Crippen LogP contribution in [-0.4, -0.2) is 22.9 Å². The lowest BCUT2D eigenvalue weighted by Gasteiger charge is -2.17. The van der Waals surface area contributed by atoms with Crippen LogP contribution in [0, 0.1) is 5.92 Å². The van der Waals surface area contributed by atoms with Crippen molar-refractivity contribution < 1.29 is 0 Å². The van der Waals surface area contributed by atoms with Crippen LogP contribution < -0.4 is 5.32 Å². The van der Waals surface area contributed by atoms with Gasteiger partial charge in [-0.2, -0.15) is 5.10 Å².